The lowest BCUT2D eigenvalue weighted by Gasteiger charge is -2.33. The number of piperidine rings is 1. The first-order valence-electron chi connectivity index (χ1n) is 10.9. The zero-order valence-electron chi connectivity index (χ0n) is 17.0. The Morgan fingerprint density at radius 1 is 1.08 bits per heavy atom. The number of unbranched alkanes of at least 4 members (excludes halogenated alkanes) is 7. The molecule has 0 aromatic heterocycles. The zero-order valence-corrected chi connectivity index (χ0v) is 17.0. The van der Waals surface area contributed by atoms with Gasteiger partial charge in [0.2, 0.25) is 0 Å². The number of nitrogens with zero attached hydrogens (tertiary/aromatic N) is 1. The van der Waals surface area contributed by atoms with Crippen LogP contribution in [0, 0.1) is 17.3 Å². The van der Waals surface area contributed by atoms with Gasteiger partial charge in [-0.05, 0) is 57.3 Å². The average Bonchev–Trinajstić information content (AvgIpc) is 3.19. The highest BCUT2D eigenvalue weighted by atomic mass is 16.6. The van der Waals surface area contributed by atoms with E-state index in [0.29, 0.717) is 11.5 Å². The molecule has 3 fully saturated rings. The lowest BCUT2D eigenvalue weighted by atomic mass is 9.79. The summed E-state index contributed by atoms with van der Waals surface area (Å²) in [6.45, 7) is 9.14. The minimum absolute atomic E-state index is 0.0688. The van der Waals surface area contributed by atoms with Crippen LogP contribution in [0.15, 0.2) is 0 Å². The topological polar surface area (TPSA) is 29.5 Å². The fourth-order valence-corrected chi connectivity index (χ4v) is 5.54. The van der Waals surface area contributed by atoms with E-state index in [1.165, 1.54) is 70.6 Å². The van der Waals surface area contributed by atoms with Gasteiger partial charge in [-0.3, -0.25) is 0 Å². The van der Waals surface area contributed by atoms with Crippen LogP contribution in [-0.2, 0) is 4.74 Å². The highest BCUT2D eigenvalue weighted by Crippen LogP contribution is 2.69. The van der Waals surface area contributed by atoms with Crippen molar-refractivity contribution in [2.75, 3.05) is 6.54 Å². The van der Waals surface area contributed by atoms with E-state index < -0.39 is 0 Å². The Balaban J connectivity index is 1.41. The van der Waals surface area contributed by atoms with Gasteiger partial charge in [0.05, 0.1) is 0 Å². The number of hydrogen-bond acceptors (Lipinski definition) is 2. The number of carbonyl (C=O) groups excluding carboxylic acids is 1. The van der Waals surface area contributed by atoms with Crippen molar-refractivity contribution in [1.29, 1.82) is 0 Å². The Hall–Kier alpha value is -0.730. The van der Waals surface area contributed by atoms with Crippen molar-refractivity contribution in [2.45, 2.75) is 110 Å². The van der Waals surface area contributed by atoms with E-state index in [-0.39, 0.29) is 11.7 Å². The van der Waals surface area contributed by atoms with Crippen LogP contribution in [0.4, 0.5) is 4.79 Å². The first-order chi connectivity index (χ1) is 11.9. The second kappa shape index (κ2) is 7.48. The van der Waals surface area contributed by atoms with E-state index in [2.05, 4.69) is 11.8 Å². The SMILES string of the molecule is CCCCCCCCCCC12CC(C3CC31)N(C(=O)OC(C)(C)C)C2. The average molecular weight is 350 g/mol. The molecule has 0 spiro atoms. The van der Waals surface area contributed by atoms with E-state index >= 15 is 0 Å². The fourth-order valence-electron chi connectivity index (χ4n) is 5.54. The smallest absolute Gasteiger partial charge is 0.410 e. The van der Waals surface area contributed by atoms with Gasteiger partial charge in [-0.15, -0.1) is 0 Å². The van der Waals surface area contributed by atoms with Crippen LogP contribution in [-0.4, -0.2) is 29.2 Å². The molecule has 144 valence electrons. The largest absolute Gasteiger partial charge is 0.444 e. The molecule has 1 aliphatic heterocycles. The Labute approximate surface area is 154 Å². The van der Waals surface area contributed by atoms with Gasteiger partial charge in [-0.2, -0.15) is 0 Å². The summed E-state index contributed by atoms with van der Waals surface area (Å²) < 4.78 is 5.66. The van der Waals surface area contributed by atoms with E-state index in [1.807, 2.05) is 20.8 Å². The molecule has 0 aromatic carbocycles. The summed E-state index contributed by atoms with van der Waals surface area (Å²) in [4.78, 5) is 14.6. The molecule has 3 nitrogen and oxygen atoms in total. The summed E-state index contributed by atoms with van der Waals surface area (Å²) in [7, 11) is 0. The quantitative estimate of drug-likeness (QED) is 0.466. The molecule has 4 unspecified atom stereocenters. The van der Waals surface area contributed by atoms with Crippen LogP contribution in [0.2, 0.25) is 0 Å². The minimum Gasteiger partial charge on any atom is -0.444 e. The lowest BCUT2D eigenvalue weighted by Crippen LogP contribution is -2.44. The van der Waals surface area contributed by atoms with Gasteiger partial charge < -0.3 is 9.64 Å². The van der Waals surface area contributed by atoms with Crippen LogP contribution in [0.5, 0.6) is 0 Å². The van der Waals surface area contributed by atoms with Gasteiger partial charge in [0.1, 0.15) is 5.60 Å². The van der Waals surface area contributed by atoms with Crippen molar-refractivity contribution in [1.82, 2.24) is 4.90 Å². The maximum Gasteiger partial charge on any atom is 0.410 e. The van der Waals surface area contributed by atoms with Crippen molar-refractivity contribution in [3.63, 3.8) is 0 Å². The molecule has 1 heterocycles. The van der Waals surface area contributed by atoms with Gasteiger partial charge >= 0.3 is 6.09 Å². The molecule has 0 radical (unpaired) electrons. The maximum atomic E-state index is 12.6. The summed E-state index contributed by atoms with van der Waals surface area (Å²) in [6, 6.07) is 0.480. The highest BCUT2D eigenvalue weighted by Gasteiger charge is 2.69. The van der Waals surface area contributed by atoms with Crippen molar-refractivity contribution in [2.24, 2.45) is 17.3 Å². The summed E-state index contributed by atoms with van der Waals surface area (Å²) in [5, 5.41) is 0. The van der Waals surface area contributed by atoms with Gasteiger partial charge in [-0.1, -0.05) is 58.3 Å². The molecule has 1 amide bonds. The number of ether oxygens (including phenoxy) is 1. The molecule has 3 heteroatoms. The minimum atomic E-state index is -0.382. The van der Waals surface area contributed by atoms with Crippen molar-refractivity contribution in [3.8, 4) is 0 Å². The van der Waals surface area contributed by atoms with Crippen LogP contribution < -0.4 is 0 Å². The zero-order chi connectivity index (χ0) is 18.1. The summed E-state index contributed by atoms with van der Waals surface area (Å²) in [6.07, 6.45) is 15.0. The molecular weight excluding hydrogens is 310 g/mol. The Morgan fingerprint density at radius 2 is 1.72 bits per heavy atom. The van der Waals surface area contributed by atoms with Crippen LogP contribution in [0.25, 0.3) is 0 Å². The number of carbonyl (C=O) groups is 1. The molecule has 3 rings (SSSR count). The van der Waals surface area contributed by atoms with E-state index in [0.717, 1.165) is 18.4 Å². The third kappa shape index (κ3) is 4.34. The van der Waals surface area contributed by atoms with Crippen molar-refractivity contribution < 1.29 is 9.53 Å². The molecule has 2 saturated carbocycles. The molecule has 0 aromatic rings. The molecule has 25 heavy (non-hydrogen) atoms. The molecule has 1 saturated heterocycles. The van der Waals surface area contributed by atoms with E-state index in [4.69, 9.17) is 4.74 Å². The second-order valence-corrected chi connectivity index (χ2v) is 9.97. The Kier molecular flexibility index (Phi) is 5.70. The number of fused-ring (bicyclic) bond motifs is 5. The highest BCUT2D eigenvalue weighted by molar-refractivity contribution is 5.70. The third-order valence-electron chi connectivity index (χ3n) is 6.78. The van der Waals surface area contributed by atoms with Gasteiger partial charge in [0, 0.05) is 12.6 Å². The van der Waals surface area contributed by atoms with Crippen molar-refractivity contribution in [3.05, 3.63) is 0 Å². The molecule has 2 bridgehead atoms. The monoisotopic (exact) mass is 349 g/mol. The Bertz CT molecular complexity index is 469. The fraction of sp³-hybridized carbons (Fsp3) is 0.955. The molecule has 2 aliphatic carbocycles. The lowest BCUT2D eigenvalue weighted by molar-refractivity contribution is 0.0142. The standard InChI is InChI=1S/C22H39NO2/c1-5-6-7-8-9-10-11-12-13-22-15-19(17-14-18(17)22)23(16-22)20(24)25-21(2,3)4/h17-19H,5-16H2,1-4H3. The normalized spacial score (nSPS) is 32.8. The molecule has 3 aliphatic rings. The van der Waals surface area contributed by atoms with Gasteiger partial charge in [0.15, 0.2) is 0 Å². The number of amides is 1. The van der Waals surface area contributed by atoms with Crippen LogP contribution >= 0.6 is 0 Å². The van der Waals surface area contributed by atoms with Gasteiger partial charge in [-0.25, -0.2) is 4.79 Å². The maximum absolute atomic E-state index is 12.6. The number of hydrogen-bond donors (Lipinski definition) is 0. The first kappa shape index (κ1) is 19.0. The summed E-state index contributed by atoms with van der Waals surface area (Å²) in [5.74, 6) is 1.70. The molecule has 4 atom stereocenters. The van der Waals surface area contributed by atoms with Gasteiger partial charge in [0.25, 0.3) is 0 Å². The van der Waals surface area contributed by atoms with Crippen LogP contribution in [0.1, 0.15) is 98.3 Å². The molecular formula is C22H39NO2. The van der Waals surface area contributed by atoms with Crippen LogP contribution in [0.3, 0.4) is 0 Å². The number of likely N-dealkylation sites (tertiary alicyclic amines) is 1. The number of rotatable bonds is 9. The van der Waals surface area contributed by atoms with E-state index in [1.54, 1.807) is 0 Å². The Morgan fingerprint density at radius 3 is 2.36 bits per heavy atom. The molecule has 0 N–H and O–H groups in total. The predicted molar refractivity (Wildman–Crippen MR) is 103 cm³/mol. The third-order valence-corrected chi connectivity index (χ3v) is 6.78. The summed E-state index contributed by atoms with van der Waals surface area (Å²) >= 11 is 0. The van der Waals surface area contributed by atoms with Crippen molar-refractivity contribution >= 4 is 6.09 Å². The summed E-state index contributed by atoms with van der Waals surface area (Å²) in [5.41, 5.74) is 0.0568. The first-order valence-corrected chi connectivity index (χ1v) is 10.9. The predicted octanol–water partition coefficient (Wildman–Crippen LogP) is 6.16. The van der Waals surface area contributed by atoms with E-state index in [9.17, 15) is 4.79 Å². The second-order valence-electron chi connectivity index (χ2n) is 9.97.